The molecule has 0 bridgehead atoms. The lowest BCUT2D eigenvalue weighted by molar-refractivity contribution is 0.0517. The zero-order valence-corrected chi connectivity index (χ0v) is 8.88. The summed E-state index contributed by atoms with van der Waals surface area (Å²) in [5.74, 6) is -0.861. The summed E-state index contributed by atoms with van der Waals surface area (Å²) >= 11 is 0. The van der Waals surface area contributed by atoms with Crippen molar-refractivity contribution < 1.29 is 24.9 Å². The highest BCUT2D eigenvalue weighted by atomic mass is 16.5. The van der Waals surface area contributed by atoms with Crippen LogP contribution in [0.3, 0.4) is 0 Å². The molecule has 3 N–H and O–H groups in total. The van der Waals surface area contributed by atoms with Crippen LogP contribution < -0.4 is 4.74 Å². The number of aromatic carboxylic acids is 1. The summed E-state index contributed by atoms with van der Waals surface area (Å²) in [5.41, 5.74) is 0.718. The maximum Gasteiger partial charge on any atom is 0.339 e. The number of carboxylic acid groups (broad SMARTS) is 1. The first-order valence-electron chi connectivity index (χ1n) is 4.81. The molecule has 0 amide bonds. The van der Waals surface area contributed by atoms with Gasteiger partial charge >= 0.3 is 5.97 Å². The fraction of sp³-hybridized carbons (Fsp3) is 0.364. The minimum atomic E-state index is -1.09. The number of rotatable bonds is 5. The van der Waals surface area contributed by atoms with Crippen LogP contribution in [-0.2, 0) is 0 Å². The molecule has 0 saturated heterocycles. The molecule has 88 valence electrons. The van der Waals surface area contributed by atoms with Gasteiger partial charge in [-0.1, -0.05) is 12.1 Å². The Morgan fingerprint density at radius 3 is 2.75 bits per heavy atom. The molecule has 5 nitrogen and oxygen atoms in total. The Kier molecular flexibility index (Phi) is 4.28. The molecule has 0 spiro atoms. The number of aliphatic hydroxyl groups excluding tert-OH is 2. The molecule has 0 fully saturated rings. The zero-order chi connectivity index (χ0) is 12.1. The third kappa shape index (κ3) is 2.95. The number of benzene rings is 1. The molecule has 0 aromatic heterocycles. The number of para-hydroxylation sites is 1. The Balaban J connectivity index is 2.88. The number of aryl methyl sites for hydroxylation is 1. The van der Waals surface area contributed by atoms with Crippen molar-refractivity contribution >= 4 is 5.97 Å². The van der Waals surface area contributed by atoms with Gasteiger partial charge in [0.1, 0.15) is 24.0 Å². The average molecular weight is 226 g/mol. The van der Waals surface area contributed by atoms with E-state index in [9.17, 15) is 4.79 Å². The molecule has 1 atom stereocenters. The zero-order valence-electron chi connectivity index (χ0n) is 8.88. The van der Waals surface area contributed by atoms with Gasteiger partial charge in [0.2, 0.25) is 0 Å². The van der Waals surface area contributed by atoms with E-state index < -0.39 is 18.7 Å². The van der Waals surface area contributed by atoms with Crippen LogP contribution in [0, 0.1) is 6.92 Å². The topological polar surface area (TPSA) is 87.0 Å². The van der Waals surface area contributed by atoms with Crippen LogP contribution in [0.5, 0.6) is 5.75 Å². The number of hydrogen-bond donors (Lipinski definition) is 3. The van der Waals surface area contributed by atoms with E-state index in [0.717, 1.165) is 0 Å². The molecule has 0 saturated carbocycles. The molecule has 0 heterocycles. The Morgan fingerprint density at radius 2 is 2.19 bits per heavy atom. The first kappa shape index (κ1) is 12.5. The van der Waals surface area contributed by atoms with E-state index in [1.807, 2.05) is 0 Å². The molecule has 0 aliphatic carbocycles. The van der Waals surface area contributed by atoms with Gasteiger partial charge in [-0.15, -0.1) is 0 Å². The second kappa shape index (κ2) is 5.48. The van der Waals surface area contributed by atoms with E-state index in [1.54, 1.807) is 19.1 Å². The van der Waals surface area contributed by atoms with Crippen molar-refractivity contribution in [3.63, 3.8) is 0 Å². The number of aliphatic hydroxyl groups is 2. The van der Waals surface area contributed by atoms with Crippen molar-refractivity contribution in [2.45, 2.75) is 13.0 Å². The van der Waals surface area contributed by atoms with E-state index in [1.165, 1.54) is 6.07 Å². The summed E-state index contributed by atoms with van der Waals surface area (Å²) in [7, 11) is 0. The molecule has 0 aliphatic rings. The van der Waals surface area contributed by atoms with Gasteiger partial charge in [0.15, 0.2) is 0 Å². The minimum Gasteiger partial charge on any atom is -0.490 e. The van der Waals surface area contributed by atoms with Gasteiger partial charge in [0.05, 0.1) is 6.61 Å². The van der Waals surface area contributed by atoms with E-state index in [0.29, 0.717) is 5.56 Å². The number of ether oxygens (including phenoxy) is 1. The smallest absolute Gasteiger partial charge is 0.339 e. The van der Waals surface area contributed by atoms with Crippen LogP contribution in [0.2, 0.25) is 0 Å². The van der Waals surface area contributed by atoms with Gasteiger partial charge in [0, 0.05) is 0 Å². The molecule has 16 heavy (non-hydrogen) atoms. The number of hydrogen-bond acceptors (Lipinski definition) is 4. The SMILES string of the molecule is Cc1cccc(C(=O)O)c1OCC(O)CO. The van der Waals surface area contributed by atoms with Gasteiger partial charge < -0.3 is 20.1 Å². The predicted molar refractivity (Wildman–Crippen MR) is 56.7 cm³/mol. The van der Waals surface area contributed by atoms with Crippen molar-refractivity contribution in [2.75, 3.05) is 13.2 Å². The summed E-state index contributed by atoms with van der Waals surface area (Å²) in [6.07, 6.45) is -1.01. The molecular formula is C11H14O5. The lowest BCUT2D eigenvalue weighted by Gasteiger charge is -2.13. The standard InChI is InChI=1S/C11H14O5/c1-7-3-2-4-9(11(14)15)10(7)16-6-8(13)5-12/h2-4,8,12-13H,5-6H2,1H3,(H,14,15). The first-order chi connectivity index (χ1) is 7.56. The third-order valence-electron chi connectivity index (χ3n) is 2.07. The second-order valence-electron chi connectivity index (χ2n) is 3.40. The van der Waals surface area contributed by atoms with Gasteiger partial charge in [0.25, 0.3) is 0 Å². The van der Waals surface area contributed by atoms with Crippen molar-refractivity contribution in [3.8, 4) is 5.75 Å². The highest BCUT2D eigenvalue weighted by Gasteiger charge is 2.14. The summed E-state index contributed by atoms with van der Waals surface area (Å²) in [6.45, 7) is 1.16. The van der Waals surface area contributed by atoms with Gasteiger partial charge in [-0.05, 0) is 18.6 Å². The lowest BCUT2D eigenvalue weighted by atomic mass is 10.1. The first-order valence-corrected chi connectivity index (χ1v) is 4.81. The minimum absolute atomic E-state index is 0.0464. The fourth-order valence-corrected chi connectivity index (χ4v) is 1.24. The van der Waals surface area contributed by atoms with E-state index >= 15 is 0 Å². The maximum absolute atomic E-state index is 10.9. The van der Waals surface area contributed by atoms with Crippen molar-refractivity contribution in [1.29, 1.82) is 0 Å². The van der Waals surface area contributed by atoms with Gasteiger partial charge in [-0.2, -0.15) is 0 Å². The lowest BCUT2D eigenvalue weighted by Crippen LogP contribution is -2.22. The summed E-state index contributed by atoms with van der Waals surface area (Å²) in [5, 5.41) is 26.7. The molecular weight excluding hydrogens is 212 g/mol. The van der Waals surface area contributed by atoms with Crippen molar-refractivity contribution in [3.05, 3.63) is 29.3 Å². The highest BCUT2D eigenvalue weighted by molar-refractivity contribution is 5.91. The number of carbonyl (C=O) groups is 1. The normalized spacial score (nSPS) is 12.2. The molecule has 0 radical (unpaired) electrons. The largest absolute Gasteiger partial charge is 0.490 e. The van der Waals surface area contributed by atoms with Gasteiger partial charge in [-0.3, -0.25) is 0 Å². The molecule has 1 aromatic carbocycles. The Bertz CT molecular complexity index is 375. The molecule has 0 aliphatic heterocycles. The van der Waals surface area contributed by atoms with Crippen LogP contribution in [0.15, 0.2) is 18.2 Å². The quantitative estimate of drug-likeness (QED) is 0.677. The van der Waals surface area contributed by atoms with Crippen LogP contribution in [0.25, 0.3) is 0 Å². The van der Waals surface area contributed by atoms with E-state index in [2.05, 4.69) is 0 Å². The summed E-state index contributed by atoms with van der Waals surface area (Å²) in [6, 6.07) is 4.76. The van der Waals surface area contributed by atoms with Crippen LogP contribution in [0.1, 0.15) is 15.9 Å². The van der Waals surface area contributed by atoms with Crippen molar-refractivity contribution in [1.82, 2.24) is 0 Å². The summed E-state index contributed by atoms with van der Waals surface area (Å²) in [4.78, 5) is 10.9. The monoisotopic (exact) mass is 226 g/mol. The van der Waals surface area contributed by atoms with Crippen LogP contribution in [-0.4, -0.2) is 40.6 Å². The van der Waals surface area contributed by atoms with Gasteiger partial charge in [-0.25, -0.2) is 4.79 Å². The van der Waals surface area contributed by atoms with E-state index in [4.69, 9.17) is 20.1 Å². The van der Waals surface area contributed by atoms with Crippen LogP contribution in [0.4, 0.5) is 0 Å². The molecule has 1 aromatic rings. The molecule has 1 rings (SSSR count). The highest BCUT2D eigenvalue weighted by Crippen LogP contribution is 2.23. The van der Waals surface area contributed by atoms with Crippen molar-refractivity contribution in [2.24, 2.45) is 0 Å². The molecule has 5 heteroatoms. The summed E-state index contributed by atoms with van der Waals surface area (Å²) < 4.78 is 5.19. The second-order valence-corrected chi connectivity index (χ2v) is 3.40. The average Bonchev–Trinajstić information content (AvgIpc) is 2.26. The van der Waals surface area contributed by atoms with E-state index in [-0.39, 0.29) is 17.9 Å². The Morgan fingerprint density at radius 1 is 1.50 bits per heavy atom. The Hall–Kier alpha value is -1.59. The predicted octanol–water partition coefficient (Wildman–Crippen LogP) is 0.425. The maximum atomic E-state index is 10.9. The molecule has 1 unspecified atom stereocenters. The van der Waals surface area contributed by atoms with Crippen LogP contribution >= 0.6 is 0 Å². The fourth-order valence-electron chi connectivity index (χ4n) is 1.24. The Labute approximate surface area is 92.9 Å². The third-order valence-corrected chi connectivity index (χ3v) is 2.07. The number of carboxylic acids is 1.